The number of anilines is 2. The fourth-order valence-corrected chi connectivity index (χ4v) is 1.81. The van der Waals surface area contributed by atoms with Gasteiger partial charge in [-0.3, -0.25) is 9.88 Å². The molecule has 9 heteroatoms. The number of nitrogens with one attached hydrogen (secondary N) is 2. The maximum absolute atomic E-state index is 13.5. The summed E-state index contributed by atoms with van der Waals surface area (Å²) in [6, 6.07) is 3.65. The van der Waals surface area contributed by atoms with Crippen molar-refractivity contribution >= 4 is 17.5 Å². The van der Waals surface area contributed by atoms with Crippen LogP contribution in [0.2, 0.25) is 0 Å². The molecule has 3 aromatic rings. The van der Waals surface area contributed by atoms with Gasteiger partial charge in [-0.2, -0.15) is 0 Å². The van der Waals surface area contributed by atoms with Crippen molar-refractivity contribution in [3.63, 3.8) is 0 Å². The van der Waals surface area contributed by atoms with Crippen molar-refractivity contribution < 1.29 is 13.6 Å². The van der Waals surface area contributed by atoms with E-state index < -0.39 is 17.7 Å². The van der Waals surface area contributed by atoms with Crippen LogP contribution in [0, 0.1) is 11.6 Å². The van der Waals surface area contributed by atoms with E-state index in [2.05, 4.69) is 25.6 Å². The van der Waals surface area contributed by atoms with Crippen LogP contribution in [0.5, 0.6) is 0 Å². The summed E-state index contributed by atoms with van der Waals surface area (Å²) < 4.78 is 27.9. The highest BCUT2D eigenvalue weighted by molar-refractivity contribution is 5.99. The number of carbonyl (C=O) groups is 1. The van der Waals surface area contributed by atoms with Gasteiger partial charge in [0.1, 0.15) is 35.9 Å². The molecule has 2 N–H and O–H groups in total. The molecule has 0 saturated carbocycles. The largest absolute Gasteiger partial charge is 0.324 e. The fraction of sp³-hybridized carbons (Fsp3) is 0. The van der Waals surface area contributed by atoms with Gasteiger partial charge in [0.25, 0.3) is 0 Å². The first-order chi connectivity index (χ1) is 11.1. The maximum atomic E-state index is 13.5. The van der Waals surface area contributed by atoms with Crippen LogP contribution in [-0.4, -0.2) is 25.6 Å². The summed E-state index contributed by atoms with van der Waals surface area (Å²) in [6.45, 7) is 0. The van der Waals surface area contributed by atoms with Gasteiger partial charge in [-0.1, -0.05) is 0 Å². The Balaban J connectivity index is 1.72. The quantitative estimate of drug-likeness (QED) is 0.778. The molecule has 0 saturated heterocycles. The van der Waals surface area contributed by atoms with Crippen molar-refractivity contribution in [1.82, 2.24) is 19.5 Å². The lowest BCUT2D eigenvalue weighted by Crippen LogP contribution is -2.21. The van der Waals surface area contributed by atoms with E-state index in [1.807, 2.05) is 0 Å². The average Bonchev–Trinajstić information content (AvgIpc) is 3.05. The van der Waals surface area contributed by atoms with Crippen LogP contribution in [0.25, 0.3) is 5.82 Å². The molecule has 116 valence electrons. The molecule has 2 aromatic heterocycles. The summed E-state index contributed by atoms with van der Waals surface area (Å²) in [7, 11) is 0. The molecule has 0 aliphatic rings. The Labute approximate surface area is 129 Å². The van der Waals surface area contributed by atoms with Crippen LogP contribution in [0.1, 0.15) is 0 Å². The second-order valence-corrected chi connectivity index (χ2v) is 4.43. The molecule has 2 amide bonds. The van der Waals surface area contributed by atoms with Crippen molar-refractivity contribution in [3.05, 3.63) is 60.9 Å². The highest BCUT2D eigenvalue weighted by Gasteiger charge is 2.09. The predicted molar refractivity (Wildman–Crippen MR) is 78.2 cm³/mol. The van der Waals surface area contributed by atoms with E-state index in [1.54, 1.807) is 23.3 Å². The van der Waals surface area contributed by atoms with Gasteiger partial charge in [0.05, 0.1) is 5.69 Å². The van der Waals surface area contributed by atoms with Crippen LogP contribution >= 0.6 is 0 Å². The van der Waals surface area contributed by atoms with E-state index in [4.69, 9.17) is 0 Å². The molecule has 0 unspecified atom stereocenters. The van der Waals surface area contributed by atoms with Crippen molar-refractivity contribution in [2.45, 2.75) is 0 Å². The zero-order chi connectivity index (χ0) is 16.2. The van der Waals surface area contributed by atoms with E-state index in [0.717, 1.165) is 12.1 Å². The van der Waals surface area contributed by atoms with E-state index in [0.29, 0.717) is 11.9 Å². The highest BCUT2D eigenvalue weighted by Crippen LogP contribution is 2.15. The Morgan fingerprint density at radius 1 is 1.13 bits per heavy atom. The molecule has 0 radical (unpaired) electrons. The van der Waals surface area contributed by atoms with Gasteiger partial charge in [0.2, 0.25) is 0 Å². The molecule has 1 aromatic carbocycles. The summed E-state index contributed by atoms with van der Waals surface area (Å²) in [5.74, 6) is -0.888. The summed E-state index contributed by atoms with van der Waals surface area (Å²) >= 11 is 0. The fourth-order valence-electron chi connectivity index (χ4n) is 1.81. The molecule has 3 rings (SSSR count). The third-order valence-electron chi connectivity index (χ3n) is 2.84. The van der Waals surface area contributed by atoms with E-state index in [1.165, 1.54) is 12.4 Å². The first-order valence-electron chi connectivity index (χ1n) is 6.45. The number of imidazole rings is 1. The maximum Gasteiger partial charge on any atom is 0.324 e. The van der Waals surface area contributed by atoms with Crippen LogP contribution in [0.3, 0.4) is 0 Å². The first kappa shape index (κ1) is 14.6. The minimum absolute atomic E-state index is 0.146. The van der Waals surface area contributed by atoms with Gasteiger partial charge in [-0.05, 0) is 12.1 Å². The minimum Gasteiger partial charge on any atom is -0.305 e. The second-order valence-electron chi connectivity index (χ2n) is 4.43. The SMILES string of the molecule is O=C(Nc1cc(-n2ccnc2)ncn1)Nc1ccc(F)cc1F. The van der Waals surface area contributed by atoms with Crippen molar-refractivity contribution in [1.29, 1.82) is 0 Å². The van der Waals surface area contributed by atoms with E-state index >= 15 is 0 Å². The molecule has 23 heavy (non-hydrogen) atoms. The zero-order valence-corrected chi connectivity index (χ0v) is 11.6. The zero-order valence-electron chi connectivity index (χ0n) is 11.6. The topological polar surface area (TPSA) is 84.7 Å². The number of hydrogen-bond acceptors (Lipinski definition) is 4. The Kier molecular flexibility index (Phi) is 3.91. The molecule has 0 aliphatic carbocycles. The van der Waals surface area contributed by atoms with Crippen molar-refractivity contribution in [2.75, 3.05) is 10.6 Å². The normalized spacial score (nSPS) is 10.3. The standard InChI is InChI=1S/C14H10F2N6O/c15-9-1-2-11(10(16)5-9)20-14(23)21-12-6-13(19-7-18-12)22-4-3-17-8-22/h1-8H,(H2,18,19,20,21,23). The lowest BCUT2D eigenvalue weighted by atomic mass is 10.3. The lowest BCUT2D eigenvalue weighted by Gasteiger charge is -2.08. The monoisotopic (exact) mass is 316 g/mol. The number of aromatic nitrogens is 4. The number of nitrogens with zero attached hydrogens (tertiary/aromatic N) is 4. The second kappa shape index (κ2) is 6.18. The lowest BCUT2D eigenvalue weighted by molar-refractivity contribution is 0.262. The molecular formula is C14H10F2N6O. The number of rotatable bonds is 3. The number of hydrogen-bond donors (Lipinski definition) is 2. The van der Waals surface area contributed by atoms with Crippen molar-refractivity contribution in [2.24, 2.45) is 0 Å². The molecule has 7 nitrogen and oxygen atoms in total. The van der Waals surface area contributed by atoms with Gasteiger partial charge in [-0.25, -0.2) is 28.5 Å². The highest BCUT2D eigenvalue weighted by atomic mass is 19.1. The van der Waals surface area contributed by atoms with Gasteiger partial charge in [-0.15, -0.1) is 0 Å². The van der Waals surface area contributed by atoms with Crippen LogP contribution in [0.4, 0.5) is 25.1 Å². The van der Waals surface area contributed by atoms with Gasteiger partial charge in [0, 0.05) is 24.5 Å². The number of carbonyl (C=O) groups excluding carboxylic acids is 1. The third-order valence-corrected chi connectivity index (χ3v) is 2.84. The molecule has 0 bridgehead atoms. The Hall–Kier alpha value is -3.36. The number of urea groups is 1. The Morgan fingerprint density at radius 2 is 2.00 bits per heavy atom. The molecule has 2 heterocycles. The summed E-state index contributed by atoms with van der Waals surface area (Å²) in [6.07, 6.45) is 6.07. The molecule has 0 atom stereocenters. The van der Waals surface area contributed by atoms with Crippen LogP contribution in [0.15, 0.2) is 49.3 Å². The van der Waals surface area contributed by atoms with Crippen molar-refractivity contribution in [3.8, 4) is 5.82 Å². The first-order valence-corrected chi connectivity index (χ1v) is 6.45. The number of benzene rings is 1. The minimum atomic E-state index is -0.873. The summed E-state index contributed by atoms with van der Waals surface area (Å²) in [4.78, 5) is 23.7. The van der Waals surface area contributed by atoms with Crippen LogP contribution in [-0.2, 0) is 0 Å². The Morgan fingerprint density at radius 3 is 2.74 bits per heavy atom. The number of halogens is 2. The summed E-state index contributed by atoms with van der Waals surface area (Å²) in [5.41, 5.74) is -0.146. The van der Waals surface area contributed by atoms with Gasteiger partial charge < -0.3 is 5.32 Å². The third kappa shape index (κ3) is 3.46. The molecule has 0 spiro atoms. The molecule has 0 aliphatic heterocycles. The number of amides is 2. The van der Waals surface area contributed by atoms with Crippen LogP contribution < -0.4 is 10.6 Å². The molecule has 0 fully saturated rings. The van der Waals surface area contributed by atoms with Gasteiger partial charge in [0.15, 0.2) is 0 Å². The molecular weight excluding hydrogens is 306 g/mol. The average molecular weight is 316 g/mol. The Bertz CT molecular complexity index is 837. The van der Waals surface area contributed by atoms with E-state index in [9.17, 15) is 13.6 Å². The van der Waals surface area contributed by atoms with E-state index in [-0.39, 0.29) is 11.5 Å². The summed E-state index contributed by atoms with van der Waals surface area (Å²) in [5, 5.41) is 4.71. The predicted octanol–water partition coefficient (Wildman–Crippen LogP) is 2.58. The van der Waals surface area contributed by atoms with Gasteiger partial charge >= 0.3 is 6.03 Å². The smallest absolute Gasteiger partial charge is 0.305 e.